The maximum Gasteiger partial charge on any atom is 0.259 e. The Morgan fingerprint density at radius 1 is 0.925 bits per heavy atom. The summed E-state index contributed by atoms with van der Waals surface area (Å²) in [5.41, 5.74) is 1.69. The fourth-order valence-electron chi connectivity index (χ4n) is 7.67. The molecule has 4 fully saturated rings. The van der Waals surface area contributed by atoms with E-state index in [1.54, 1.807) is 10.9 Å². The lowest BCUT2D eigenvalue weighted by molar-refractivity contribution is -0.00765. The number of amides is 1. The summed E-state index contributed by atoms with van der Waals surface area (Å²) < 4.78 is 58.2. The van der Waals surface area contributed by atoms with Crippen molar-refractivity contribution in [1.82, 2.24) is 19.6 Å². The lowest BCUT2D eigenvalue weighted by Crippen LogP contribution is -2.49. The molecule has 0 aliphatic heterocycles. The molecule has 0 spiro atoms. The molecule has 0 radical (unpaired) electrons. The van der Waals surface area contributed by atoms with Crippen LogP contribution in [0.4, 0.5) is 23.2 Å². The predicted molar refractivity (Wildman–Crippen MR) is 139 cm³/mol. The molecule has 2 aromatic carbocycles. The minimum absolute atomic E-state index is 0.132. The lowest BCUT2D eigenvalue weighted by Gasteiger charge is -2.56. The van der Waals surface area contributed by atoms with E-state index in [1.807, 2.05) is 30.3 Å². The van der Waals surface area contributed by atoms with Crippen LogP contribution < -0.4 is 5.32 Å². The fourth-order valence-corrected chi connectivity index (χ4v) is 7.67. The second kappa shape index (κ2) is 9.31. The zero-order valence-electron chi connectivity index (χ0n) is 21.6. The van der Waals surface area contributed by atoms with E-state index in [4.69, 9.17) is 5.10 Å². The van der Waals surface area contributed by atoms with Crippen molar-refractivity contribution in [3.8, 4) is 5.69 Å². The Hall–Kier alpha value is -3.95. The van der Waals surface area contributed by atoms with Gasteiger partial charge in [0, 0.05) is 29.4 Å². The molecule has 0 unspecified atom stereocenters. The number of nitrogens with zero attached hydrogens (tertiary/aromatic N) is 4. The first-order chi connectivity index (χ1) is 19.3. The van der Waals surface area contributed by atoms with Crippen LogP contribution in [0.5, 0.6) is 0 Å². The summed E-state index contributed by atoms with van der Waals surface area (Å²) in [6, 6.07) is 9.96. The normalized spacial score (nSPS) is 24.9. The fraction of sp³-hybridized carbons (Fsp3) is 0.367. The molecule has 6 nitrogen and oxygen atoms in total. The summed E-state index contributed by atoms with van der Waals surface area (Å²) in [6.07, 6.45) is 11.4. The van der Waals surface area contributed by atoms with Crippen LogP contribution in [0.3, 0.4) is 0 Å². The van der Waals surface area contributed by atoms with Gasteiger partial charge in [0.25, 0.3) is 5.91 Å². The Bertz CT molecular complexity index is 1580. The number of benzene rings is 2. The highest BCUT2D eigenvalue weighted by atomic mass is 19.2. The second-order valence-corrected chi connectivity index (χ2v) is 11.7. The standard InChI is InChI=1S/C30H27F4N5O/c31-24-9-25(32)27(34)26(33)22(24)15-38-14-20(13-35-38)36-29(40)23-16-39(21-4-2-1-3-5-21)37-28(23)30-10-17-6-18(11-30)8-19(7-17)12-30/h1-5,9,13-14,16-19H,6-8,10-12,15H2,(H,36,40). The van der Waals surface area contributed by atoms with Crippen LogP contribution in [0.15, 0.2) is 55.0 Å². The van der Waals surface area contributed by atoms with Crippen molar-refractivity contribution >= 4 is 11.6 Å². The highest BCUT2D eigenvalue weighted by molar-refractivity contribution is 6.05. The molecule has 40 heavy (non-hydrogen) atoms. The molecular weight excluding hydrogens is 522 g/mol. The van der Waals surface area contributed by atoms with E-state index in [0.29, 0.717) is 35.1 Å². The first kappa shape index (κ1) is 25.0. The third-order valence-corrected chi connectivity index (χ3v) is 8.94. The molecule has 0 saturated heterocycles. The molecule has 4 aliphatic carbocycles. The van der Waals surface area contributed by atoms with E-state index in [9.17, 15) is 22.4 Å². The Morgan fingerprint density at radius 2 is 1.60 bits per heavy atom. The molecular formula is C30H27F4N5O. The van der Waals surface area contributed by atoms with Crippen molar-refractivity contribution in [2.75, 3.05) is 5.32 Å². The van der Waals surface area contributed by atoms with Crippen LogP contribution in [-0.4, -0.2) is 25.5 Å². The van der Waals surface area contributed by atoms with Gasteiger partial charge in [-0.1, -0.05) is 18.2 Å². The number of aromatic nitrogens is 4. The molecule has 4 bridgehead atoms. The SMILES string of the molecule is O=C(Nc1cnn(Cc2c(F)cc(F)c(F)c2F)c1)c1cn(-c2ccccc2)nc1C12CC3CC(CC(C3)C1)C2. The average molecular weight is 550 g/mol. The number of carbonyl (C=O) groups excluding carboxylic acids is 1. The van der Waals surface area contributed by atoms with Crippen LogP contribution in [0.1, 0.15) is 60.1 Å². The Labute approximate surface area is 228 Å². The number of hydrogen-bond donors (Lipinski definition) is 1. The third-order valence-electron chi connectivity index (χ3n) is 8.94. The molecule has 4 aromatic rings. The summed E-state index contributed by atoms with van der Waals surface area (Å²) in [6.45, 7) is -0.477. The summed E-state index contributed by atoms with van der Waals surface area (Å²) in [7, 11) is 0. The minimum Gasteiger partial charge on any atom is -0.319 e. The molecule has 1 amide bonds. The van der Waals surface area contributed by atoms with Gasteiger partial charge in [0.1, 0.15) is 5.82 Å². The second-order valence-electron chi connectivity index (χ2n) is 11.7. The van der Waals surface area contributed by atoms with Gasteiger partial charge in [0.15, 0.2) is 17.5 Å². The summed E-state index contributed by atoms with van der Waals surface area (Å²) in [4.78, 5) is 13.7. The van der Waals surface area contributed by atoms with Gasteiger partial charge < -0.3 is 5.32 Å². The lowest BCUT2D eigenvalue weighted by atomic mass is 9.48. The summed E-state index contributed by atoms with van der Waals surface area (Å²) in [5.74, 6) is -4.52. The summed E-state index contributed by atoms with van der Waals surface area (Å²) in [5, 5.41) is 11.9. The Balaban J connectivity index is 1.19. The maximum atomic E-state index is 14.2. The van der Waals surface area contributed by atoms with Crippen molar-refractivity contribution in [1.29, 1.82) is 0 Å². The van der Waals surface area contributed by atoms with E-state index >= 15 is 0 Å². The minimum atomic E-state index is -1.75. The van der Waals surface area contributed by atoms with E-state index in [2.05, 4.69) is 10.4 Å². The van der Waals surface area contributed by atoms with E-state index in [-0.39, 0.29) is 11.3 Å². The van der Waals surface area contributed by atoms with Crippen LogP contribution in [0.25, 0.3) is 5.69 Å². The van der Waals surface area contributed by atoms with E-state index in [1.165, 1.54) is 31.7 Å². The number of anilines is 1. The average Bonchev–Trinajstić information content (AvgIpc) is 3.58. The highest BCUT2D eigenvalue weighted by Gasteiger charge is 2.54. The van der Waals surface area contributed by atoms with Gasteiger partial charge in [-0.25, -0.2) is 22.2 Å². The Kier molecular flexibility index (Phi) is 5.83. The largest absolute Gasteiger partial charge is 0.319 e. The van der Waals surface area contributed by atoms with Crippen LogP contribution in [-0.2, 0) is 12.0 Å². The van der Waals surface area contributed by atoms with Crippen LogP contribution >= 0.6 is 0 Å². The zero-order valence-corrected chi connectivity index (χ0v) is 21.6. The molecule has 0 atom stereocenters. The van der Waals surface area contributed by atoms with Crippen molar-refractivity contribution in [2.24, 2.45) is 17.8 Å². The topological polar surface area (TPSA) is 64.7 Å². The summed E-state index contributed by atoms with van der Waals surface area (Å²) >= 11 is 0. The molecule has 2 aromatic heterocycles. The predicted octanol–water partition coefficient (Wildman–Crippen LogP) is 6.39. The van der Waals surface area contributed by atoms with Crippen molar-refractivity contribution < 1.29 is 22.4 Å². The first-order valence-corrected chi connectivity index (χ1v) is 13.6. The highest BCUT2D eigenvalue weighted by Crippen LogP contribution is 2.61. The maximum absolute atomic E-state index is 14.2. The van der Waals surface area contributed by atoms with Gasteiger partial charge in [0.2, 0.25) is 0 Å². The zero-order chi connectivity index (χ0) is 27.6. The number of halogens is 4. The third kappa shape index (κ3) is 4.20. The van der Waals surface area contributed by atoms with Gasteiger partial charge >= 0.3 is 0 Å². The van der Waals surface area contributed by atoms with Gasteiger partial charge in [-0.2, -0.15) is 10.2 Å². The van der Waals surface area contributed by atoms with Crippen molar-refractivity contribution in [3.05, 3.63) is 95.1 Å². The molecule has 2 heterocycles. The smallest absolute Gasteiger partial charge is 0.259 e. The van der Waals surface area contributed by atoms with Crippen LogP contribution in [0, 0.1) is 41.0 Å². The first-order valence-electron chi connectivity index (χ1n) is 13.6. The van der Waals surface area contributed by atoms with E-state index < -0.39 is 35.4 Å². The van der Waals surface area contributed by atoms with Gasteiger partial charge in [0.05, 0.1) is 35.4 Å². The number of carbonyl (C=O) groups is 1. The van der Waals surface area contributed by atoms with Gasteiger partial charge in [-0.15, -0.1) is 0 Å². The monoisotopic (exact) mass is 549 g/mol. The molecule has 4 aliphatic rings. The molecule has 206 valence electrons. The number of rotatable bonds is 6. The molecule has 4 saturated carbocycles. The van der Waals surface area contributed by atoms with E-state index in [0.717, 1.165) is 35.3 Å². The van der Waals surface area contributed by atoms with Crippen molar-refractivity contribution in [2.45, 2.75) is 50.5 Å². The number of hydrogen-bond acceptors (Lipinski definition) is 3. The van der Waals surface area contributed by atoms with Gasteiger partial charge in [-0.3, -0.25) is 9.48 Å². The molecule has 10 heteroatoms. The van der Waals surface area contributed by atoms with Crippen molar-refractivity contribution in [3.63, 3.8) is 0 Å². The molecule has 8 rings (SSSR count). The quantitative estimate of drug-likeness (QED) is 0.172. The number of nitrogens with one attached hydrogen (secondary N) is 1. The molecule has 1 N–H and O–H groups in total. The van der Waals surface area contributed by atoms with Gasteiger partial charge in [-0.05, 0) is 68.4 Å². The van der Waals surface area contributed by atoms with Crippen LogP contribution in [0.2, 0.25) is 0 Å². The number of para-hydroxylation sites is 1. The Morgan fingerprint density at radius 3 is 2.27 bits per heavy atom.